The lowest BCUT2D eigenvalue weighted by atomic mass is 10.0. The van der Waals surface area contributed by atoms with Crippen LogP contribution >= 0.6 is 0 Å². The van der Waals surface area contributed by atoms with Crippen LogP contribution in [0.1, 0.15) is 36.0 Å². The van der Waals surface area contributed by atoms with Crippen LogP contribution in [0.25, 0.3) is 0 Å². The molecule has 9 nitrogen and oxygen atoms in total. The lowest BCUT2D eigenvalue weighted by Gasteiger charge is -2.27. The maximum atomic E-state index is 13.6. The van der Waals surface area contributed by atoms with Crippen molar-refractivity contribution in [2.45, 2.75) is 38.5 Å². The van der Waals surface area contributed by atoms with Crippen molar-refractivity contribution in [3.8, 4) is 17.2 Å². The first-order valence-corrected chi connectivity index (χ1v) is 10.1. The monoisotopic (exact) mass is 486 g/mol. The second kappa shape index (κ2) is 12.1. The lowest BCUT2D eigenvalue weighted by Crippen LogP contribution is -2.41. The number of esters is 1. The summed E-state index contributed by atoms with van der Waals surface area (Å²) in [6, 6.07) is 3.53. The van der Waals surface area contributed by atoms with Gasteiger partial charge in [-0.3, -0.25) is 4.79 Å². The maximum Gasteiger partial charge on any atom is 0.328 e. The van der Waals surface area contributed by atoms with E-state index in [9.17, 15) is 27.9 Å². The normalized spacial score (nSPS) is 13.6. The number of alkyl halides is 2. The van der Waals surface area contributed by atoms with Crippen molar-refractivity contribution in [1.82, 2.24) is 10.3 Å². The minimum atomic E-state index is -2.81. The second-order valence-corrected chi connectivity index (χ2v) is 7.08. The van der Waals surface area contributed by atoms with Crippen LogP contribution in [0.5, 0.6) is 17.2 Å². The summed E-state index contributed by atoms with van der Waals surface area (Å²) in [4.78, 5) is 28.8. The van der Waals surface area contributed by atoms with Gasteiger partial charge in [-0.2, -0.15) is 0 Å². The van der Waals surface area contributed by atoms with Crippen LogP contribution in [0, 0.1) is 5.82 Å². The molecule has 3 atom stereocenters. The quantitative estimate of drug-likeness (QED) is 0.466. The summed E-state index contributed by atoms with van der Waals surface area (Å²) in [6.45, 7) is 1.73. The third-order valence-electron chi connectivity index (χ3n) is 4.66. The van der Waals surface area contributed by atoms with Crippen molar-refractivity contribution in [2.24, 2.45) is 0 Å². The Hall–Kier alpha value is -3.54. The number of carbonyl (C=O) groups excluding carboxylic acids is 2. The fourth-order valence-corrected chi connectivity index (χ4v) is 3.01. The van der Waals surface area contributed by atoms with Crippen LogP contribution in [-0.2, 0) is 14.3 Å². The van der Waals surface area contributed by atoms with E-state index in [0.717, 1.165) is 12.1 Å². The third-order valence-corrected chi connectivity index (χ3v) is 4.66. The van der Waals surface area contributed by atoms with Crippen molar-refractivity contribution in [1.29, 1.82) is 0 Å². The zero-order valence-electron chi connectivity index (χ0n) is 18.9. The van der Waals surface area contributed by atoms with Gasteiger partial charge >= 0.3 is 5.97 Å². The van der Waals surface area contributed by atoms with Gasteiger partial charge in [0.25, 0.3) is 12.3 Å². The fraction of sp³-hybridized carbons (Fsp3) is 0.409. The van der Waals surface area contributed by atoms with E-state index in [0.29, 0.717) is 0 Å². The molecule has 12 heteroatoms. The minimum absolute atomic E-state index is 0.0104. The van der Waals surface area contributed by atoms with Gasteiger partial charge in [-0.05, 0) is 26.0 Å². The van der Waals surface area contributed by atoms with Gasteiger partial charge in [0, 0.05) is 23.9 Å². The Bertz CT molecular complexity index is 1010. The number of rotatable bonds is 11. The highest BCUT2D eigenvalue weighted by molar-refractivity contribution is 5.97. The Balaban J connectivity index is 2.15. The first-order valence-electron chi connectivity index (χ1n) is 10.1. The molecule has 0 bridgehead atoms. The molecule has 2 N–H and O–H groups in total. The van der Waals surface area contributed by atoms with Gasteiger partial charge in [-0.25, -0.2) is 22.9 Å². The topological polar surface area (TPSA) is 116 Å². The van der Waals surface area contributed by atoms with E-state index in [-0.39, 0.29) is 22.8 Å². The van der Waals surface area contributed by atoms with Crippen molar-refractivity contribution in [2.75, 3.05) is 20.8 Å². The zero-order valence-corrected chi connectivity index (χ0v) is 18.9. The number of amides is 1. The average molecular weight is 486 g/mol. The number of methoxy groups -OCH3 is 2. The molecular weight excluding hydrogens is 461 g/mol. The molecule has 0 spiro atoms. The number of hydrogen-bond donors (Lipinski definition) is 2. The van der Waals surface area contributed by atoms with Crippen LogP contribution < -0.4 is 14.8 Å². The number of ether oxygens (including phenoxy) is 4. The Morgan fingerprint density at radius 2 is 1.79 bits per heavy atom. The van der Waals surface area contributed by atoms with E-state index in [1.807, 2.05) is 0 Å². The van der Waals surface area contributed by atoms with Crippen LogP contribution in [0.4, 0.5) is 13.2 Å². The molecule has 1 aromatic carbocycles. The number of aromatic hydroxyl groups is 1. The van der Waals surface area contributed by atoms with E-state index < -0.39 is 54.7 Å². The van der Waals surface area contributed by atoms with E-state index in [1.54, 1.807) is 0 Å². The molecule has 0 saturated heterocycles. The molecule has 0 aliphatic heterocycles. The highest BCUT2D eigenvalue weighted by Gasteiger charge is 2.30. The van der Waals surface area contributed by atoms with Crippen LogP contribution in [0.15, 0.2) is 30.5 Å². The van der Waals surface area contributed by atoms with E-state index in [4.69, 9.17) is 18.9 Å². The summed E-state index contributed by atoms with van der Waals surface area (Å²) in [5.74, 6) is -2.91. The Kier molecular flexibility index (Phi) is 9.48. The first-order chi connectivity index (χ1) is 16.1. The molecule has 34 heavy (non-hydrogen) atoms. The molecule has 0 fully saturated rings. The molecule has 0 unspecified atom stereocenters. The number of pyridine rings is 1. The Morgan fingerprint density at radius 3 is 2.41 bits per heavy atom. The molecule has 1 heterocycles. The number of nitrogens with zero attached hydrogens (tertiary/aromatic N) is 1. The van der Waals surface area contributed by atoms with Crippen molar-refractivity contribution in [3.63, 3.8) is 0 Å². The fourth-order valence-electron chi connectivity index (χ4n) is 3.01. The molecule has 0 aliphatic carbocycles. The SMILES string of the molecule is COc1cc(F)ccc1[C@@H](OCC(F)F)[C@H](C)OC(=O)[C@H](C)NC(=O)c1nccc(OC)c1O. The number of aromatic nitrogens is 1. The van der Waals surface area contributed by atoms with Crippen molar-refractivity contribution < 1.29 is 46.8 Å². The Morgan fingerprint density at radius 1 is 1.12 bits per heavy atom. The first kappa shape index (κ1) is 26.7. The van der Waals surface area contributed by atoms with Gasteiger partial charge in [0.05, 0.1) is 14.2 Å². The zero-order chi connectivity index (χ0) is 25.4. The predicted molar refractivity (Wildman–Crippen MR) is 113 cm³/mol. The highest BCUT2D eigenvalue weighted by atomic mass is 19.3. The van der Waals surface area contributed by atoms with Gasteiger partial charge in [0.2, 0.25) is 0 Å². The summed E-state index contributed by atoms with van der Waals surface area (Å²) in [5.41, 5.74) is -0.187. The van der Waals surface area contributed by atoms with Gasteiger partial charge in [-0.15, -0.1) is 0 Å². The van der Waals surface area contributed by atoms with Crippen molar-refractivity contribution in [3.05, 3.63) is 47.5 Å². The van der Waals surface area contributed by atoms with E-state index in [2.05, 4.69) is 10.3 Å². The average Bonchev–Trinajstić information content (AvgIpc) is 2.79. The largest absolute Gasteiger partial charge is 0.503 e. The smallest absolute Gasteiger partial charge is 0.328 e. The predicted octanol–water partition coefficient (Wildman–Crippen LogP) is 3.02. The number of hydrogen-bond acceptors (Lipinski definition) is 8. The van der Waals surface area contributed by atoms with Crippen LogP contribution in [0.3, 0.4) is 0 Å². The highest BCUT2D eigenvalue weighted by Crippen LogP contribution is 2.33. The number of carbonyl (C=O) groups is 2. The standard InChI is InChI=1S/C22H25F3N2O7/c1-11(27-21(29)18-19(28)15(31-3)7-8-26-18)22(30)34-12(2)20(33-10-17(24)25)14-6-5-13(23)9-16(14)32-4/h5-9,11-12,17,20,28H,10H2,1-4H3,(H,27,29)/t11-,12-,20-/m0/s1. The van der Waals surface area contributed by atoms with Gasteiger partial charge in [-0.1, -0.05) is 0 Å². The number of benzene rings is 1. The molecule has 1 aromatic heterocycles. The molecule has 2 aromatic rings. The van der Waals surface area contributed by atoms with E-state index >= 15 is 0 Å². The van der Waals surface area contributed by atoms with Gasteiger partial charge < -0.3 is 29.4 Å². The van der Waals surface area contributed by atoms with Crippen LogP contribution in [-0.4, -0.2) is 61.4 Å². The second-order valence-electron chi connectivity index (χ2n) is 7.08. The van der Waals surface area contributed by atoms with E-state index in [1.165, 1.54) is 46.4 Å². The lowest BCUT2D eigenvalue weighted by molar-refractivity contribution is -0.160. The number of halogens is 3. The molecule has 0 saturated carbocycles. The minimum Gasteiger partial charge on any atom is -0.503 e. The maximum absolute atomic E-state index is 13.6. The molecule has 0 aliphatic rings. The number of nitrogens with one attached hydrogen (secondary N) is 1. The summed E-state index contributed by atoms with van der Waals surface area (Å²) in [7, 11) is 2.56. The molecule has 186 valence electrons. The summed E-state index contributed by atoms with van der Waals surface area (Å²) >= 11 is 0. The van der Waals surface area contributed by atoms with Gasteiger partial charge in [0.1, 0.15) is 36.4 Å². The summed E-state index contributed by atoms with van der Waals surface area (Å²) in [6.07, 6.45) is -3.92. The molecule has 0 radical (unpaired) electrons. The molecule has 2 rings (SSSR count). The van der Waals surface area contributed by atoms with Gasteiger partial charge in [0.15, 0.2) is 17.2 Å². The Labute approximate surface area is 193 Å². The van der Waals surface area contributed by atoms with Crippen LogP contribution in [0.2, 0.25) is 0 Å². The summed E-state index contributed by atoms with van der Waals surface area (Å²) < 4.78 is 59.7. The van der Waals surface area contributed by atoms with Crippen molar-refractivity contribution >= 4 is 11.9 Å². The summed E-state index contributed by atoms with van der Waals surface area (Å²) in [5, 5.41) is 12.4. The third kappa shape index (κ3) is 6.73. The molecule has 1 amide bonds. The molecular formula is C22H25F3N2O7.